The van der Waals surface area contributed by atoms with E-state index in [2.05, 4.69) is 9.55 Å². The van der Waals surface area contributed by atoms with Crippen LogP contribution in [0.2, 0.25) is 0 Å². The summed E-state index contributed by atoms with van der Waals surface area (Å²) in [5, 5.41) is 18.7. The Morgan fingerprint density at radius 2 is 1.71 bits per heavy atom. The summed E-state index contributed by atoms with van der Waals surface area (Å²) in [5.74, 6) is 0.908. The molecule has 0 bridgehead atoms. The molecule has 108 valence electrons. The Hall–Kier alpha value is -2.17. The Labute approximate surface area is 123 Å². The fourth-order valence-electron chi connectivity index (χ4n) is 2.61. The van der Waals surface area contributed by atoms with Gasteiger partial charge in [0.1, 0.15) is 5.82 Å². The van der Waals surface area contributed by atoms with Gasteiger partial charge >= 0.3 is 0 Å². The molecule has 0 aliphatic heterocycles. The standard InChI is InChI=1S/C17H18N2O2/c20-11-5-10-17-18-14-7-2-4-9-16(14)19(17)15-8-3-1-6-13(15)12-21/h1-4,6-9,20-21H,5,10-12H2. The third-order valence-corrected chi connectivity index (χ3v) is 3.59. The molecule has 0 radical (unpaired) electrons. The van der Waals surface area contributed by atoms with E-state index in [9.17, 15) is 5.11 Å². The lowest BCUT2D eigenvalue weighted by molar-refractivity contribution is 0.281. The van der Waals surface area contributed by atoms with Crippen molar-refractivity contribution in [2.45, 2.75) is 19.4 Å². The second-order valence-electron chi connectivity index (χ2n) is 4.97. The van der Waals surface area contributed by atoms with E-state index in [1.807, 2.05) is 48.5 Å². The zero-order chi connectivity index (χ0) is 14.7. The number of fused-ring (bicyclic) bond motifs is 1. The number of aliphatic hydroxyl groups is 2. The van der Waals surface area contributed by atoms with Crippen molar-refractivity contribution >= 4 is 11.0 Å². The van der Waals surface area contributed by atoms with Gasteiger partial charge in [-0.3, -0.25) is 4.57 Å². The molecule has 0 unspecified atom stereocenters. The van der Waals surface area contributed by atoms with E-state index in [1.165, 1.54) is 0 Å². The predicted molar refractivity (Wildman–Crippen MR) is 82.4 cm³/mol. The molecule has 2 N–H and O–H groups in total. The van der Waals surface area contributed by atoms with E-state index in [0.717, 1.165) is 28.1 Å². The first-order chi connectivity index (χ1) is 10.3. The molecule has 0 aliphatic rings. The number of hydrogen-bond acceptors (Lipinski definition) is 3. The molecule has 0 aliphatic carbocycles. The zero-order valence-electron chi connectivity index (χ0n) is 11.7. The second kappa shape index (κ2) is 6.08. The van der Waals surface area contributed by atoms with E-state index in [-0.39, 0.29) is 13.2 Å². The Morgan fingerprint density at radius 1 is 0.952 bits per heavy atom. The molecule has 21 heavy (non-hydrogen) atoms. The van der Waals surface area contributed by atoms with Gasteiger partial charge in [-0.2, -0.15) is 0 Å². The number of imidazole rings is 1. The predicted octanol–water partition coefficient (Wildman–Crippen LogP) is 2.44. The van der Waals surface area contributed by atoms with Gasteiger partial charge in [-0.05, 0) is 24.6 Å². The number of hydrogen-bond donors (Lipinski definition) is 2. The summed E-state index contributed by atoms with van der Waals surface area (Å²) in [6, 6.07) is 15.7. The molecule has 1 aromatic heterocycles. The molecular formula is C17H18N2O2. The molecule has 2 aromatic carbocycles. The van der Waals surface area contributed by atoms with E-state index in [0.29, 0.717) is 12.8 Å². The van der Waals surface area contributed by atoms with Crippen LogP contribution in [0.1, 0.15) is 17.8 Å². The van der Waals surface area contributed by atoms with Gasteiger partial charge in [0.2, 0.25) is 0 Å². The van der Waals surface area contributed by atoms with E-state index >= 15 is 0 Å². The highest BCUT2D eigenvalue weighted by atomic mass is 16.3. The first-order valence-corrected chi connectivity index (χ1v) is 7.11. The van der Waals surface area contributed by atoms with Crippen LogP contribution in [0.4, 0.5) is 0 Å². The van der Waals surface area contributed by atoms with Gasteiger partial charge in [-0.1, -0.05) is 30.3 Å². The van der Waals surface area contributed by atoms with Gasteiger partial charge in [0.15, 0.2) is 0 Å². The number of nitrogens with zero attached hydrogens (tertiary/aromatic N) is 2. The van der Waals surface area contributed by atoms with Crippen LogP contribution in [0.5, 0.6) is 0 Å². The Kier molecular flexibility index (Phi) is 3.99. The molecule has 1 heterocycles. The maximum absolute atomic E-state index is 9.58. The van der Waals surface area contributed by atoms with Crippen molar-refractivity contribution in [3.05, 3.63) is 59.9 Å². The third-order valence-electron chi connectivity index (χ3n) is 3.59. The number of benzene rings is 2. The Bertz CT molecular complexity index is 749. The number of rotatable bonds is 5. The summed E-state index contributed by atoms with van der Waals surface area (Å²) >= 11 is 0. The Morgan fingerprint density at radius 3 is 2.52 bits per heavy atom. The minimum atomic E-state index is -0.0118. The first-order valence-electron chi connectivity index (χ1n) is 7.11. The molecule has 3 rings (SSSR count). The van der Waals surface area contributed by atoms with Crippen LogP contribution in [0.15, 0.2) is 48.5 Å². The minimum absolute atomic E-state index is 0.0118. The van der Waals surface area contributed by atoms with Gasteiger partial charge < -0.3 is 10.2 Å². The van der Waals surface area contributed by atoms with Gasteiger partial charge in [-0.15, -0.1) is 0 Å². The monoisotopic (exact) mass is 282 g/mol. The second-order valence-corrected chi connectivity index (χ2v) is 4.97. The molecule has 0 saturated carbocycles. The van der Waals surface area contributed by atoms with Crippen LogP contribution < -0.4 is 0 Å². The molecule has 3 aromatic rings. The maximum Gasteiger partial charge on any atom is 0.114 e. The lowest BCUT2D eigenvalue weighted by atomic mass is 10.1. The fourth-order valence-corrected chi connectivity index (χ4v) is 2.61. The van der Waals surface area contributed by atoms with Crippen LogP contribution >= 0.6 is 0 Å². The van der Waals surface area contributed by atoms with Crippen LogP contribution in [0.3, 0.4) is 0 Å². The normalized spacial score (nSPS) is 11.1. The van der Waals surface area contributed by atoms with E-state index in [1.54, 1.807) is 0 Å². The van der Waals surface area contributed by atoms with Gasteiger partial charge in [-0.25, -0.2) is 4.98 Å². The molecule has 0 saturated heterocycles. The van der Waals surface area contributed by atoms with Crippen LogP contribution in [0, 0.1) is 0 Å². The van der Waals surface area contributed by atoms with Gasteiger partial charge in [0.25, 0.3) is 0 Å². The molecule has 0 atom stereocenters. The van der Waals surface area contributed by atoms with E-state index in [4.69, 9.17) is 5.11 Å². The first kappa shape index (κ1) is 13.8. The lowest BCUT2D eigenvalue weighted by Gasteiger charge is -2.12. The topological polar surface area (TPSA) is 58.3 Å². The van der Waals surface area contributed by atoms with Crippen LogP contribution in [-0.4, -0.2) is 26.4 Å². The fraction of sp³-hybridized carbons (Fsp3) is 0.235. The summed E-state index contributed by atoms with van der Waals surface area (Å²) in [6.07, 6.45) is 1.37. The van der Waals surface area contributed by atoms with Crippen LogP contribution in [0.25, 0.3) is 16.7 Å². The minimum Gasteiger partial charge on any atom is -0.396 e. The highest BCUT2D eigenvalue weighted by Gasteiger charge is 2.13. The number of aliphatic hydroxyl groups excluding tert-OH is 2. The molecule has 0 fully saturated rings. The molecular weight excluding hydrogens is 264 g/mol. The zero-order valence-corrected chi connectivity index (χ0v) is 11.7. The summed E-state index contributed by atoms with van der Waals surface area (Å²) in [6.45, 7) is 0.132. The SMILES string of the molecule is OCCCc1nc2ccccc2n1-c1ccccc1CO. The highest BCUT2D eigenvalue weighted by Crippen LogP contribution is 2.24. The highest BCUT2D eigenvalue weighted by molar-refractivity contribution is 5.78. The molecule has 4 nitrogen and oxygen atoms in total. The summed E-state index contributed by atoms with van der Waals surface area (Å²) in [5.41, 5.74) is 3.76. The summed E-state index contributed by atoms with van der Waals surface area (Å²) < 4.78 is 2.08. The average Bonchev–Trinajstić information content (AvgIpc) is 2.91. The quantitative estimate of drug-likeness (QED) is 0.755. The average molecular weight is 282 g/mol. The number of para-hydroxylation sites is 3. The molecule has 0 spiro atoms. The molecule has 4 heteroatoms. The van der Waals surface area contributed by atoms with Gasteiger partial charge in [0, 0.05) is 18.6 Å². The van der Waals surface area contributed by atoms with Crippen molar-refractivity contribution in [3.63, 3.8) is 0 Å². The van der Waals surface area contributed by atoms with Crippen molar-refractivity contribution in [2.24, 2.45) is 0 Å². The maximum atomic E-state index is 9.58. The summed E-state index contributed by atoms with van der Waals surface area (Å²) in [7, 11) is 0. The summed E-state index contributed by atoms with van der Waals surface area (Å²) in [4.78, 5) is 4.67. The van der Waals surface area contributed by atoms with Crippen molar-refractivity contribution < 1.29 is 10.2 Å². The molecule has 0 amide bonds. The smallest absolute Gasteiger partial charge is 0.114 e. The van der Waals surface area contributed by atoms with Crippen LogP contribution in [-0.2, 0) is 13.0 Å². The Balaban J connectivity index is 2.23. The lowest BCUT2D eigenvalue weighted by Crippen LogP contribution is -2.05. The van der Waals surface area contributed by atoms with E-state index < -0.39 is 0 Å². The van der Waals surface area contributed by atoms with Crippen molar-refractivity contribution in [1.29, 1.82) is 0 Å². The number of aryl methyl sites for hydroxylation is 1. The number of aromatic nitrogens is 2. The largest absolute Gasteiger partial charge is 0.396 e. The third kappa shape index (κ3) is 2.55. The van der Waals surface area contributed by atoms with Gasteiger partial charge in [0.05, 0.1) is 23.3 Å². The van der Waals surface area contributed by atoms with Crippen molar-refractivity contribution in [2.75, 3.05) is 6.61 Å². The van der Waals surface area contributed by atoms with Crippen molar-refractivity contribution in [1.82, 2.24) is 9.55 Å². The van der Waals surface area contributed by atoms with Crippen molar-refractivity contribution in [3.8, 4) is 5.69 Å².